The Labute approximate surface area is 334 Å². The van der Waals surface area contributed by atoms with Crippen molar-refractivity contribution in [2.24, 2.45) is 22.7 Å². The molecule has 13 nitrogen and oxygen atoms in total. The standard InChI is InChI=1S/C39H49ClF3N3O10S/c1-7-22-19-37(22,34(50)45-57(51,52)56-36(6)12-13-36)20-28(47)27-16-23(54-29-18-30(53-8-2)44-32-24(29)10-9-11-26(32)40)21-46(27)33(49)25(17-31(48)55-35(3,4)5)38(14-15-38)39(41,42)43/h9-11,18,22-23,25,27H,7-8,12-17,19-21H2,1-6H3,(H,45,50)/t22-,23-,25-,27+,37-/m1/s1. The summed E-state index contributed by atoms with van der Waals surface area (Å²) in [5, 5.41) is 0.762. The molecule has 4 fully saturated rings. The molecule has 6 rings (SSSR count). The minimum Gasteiger partial charge on any atom is -0.488 e. The van der Waals surface area contributed by atoms with Crippen LogP contribution in [0.5, 0.6) is 11.6 Å². The number of alkyl halides is 3. The van der Waals surface area contributed by atoms with Crippen LogP contribution in [0.25, 0.3) is 10.9 Å². The zero-order valence-electron chi connectivity index (χ0n) is 32.8. The number of aromatic nitrogens is 1. The summed E-state index contributed by atoms with van der Waals surface area (Å²) in [4.78, 5) is 61.4. The predicted molar refractivity (Wildman–Crippen MR) is 200 cm³/mol. The first kappa shape index (κ1) is 42.9. The molecule has 0 bridgehead atoms. The number of nitrogens with one attached hydrogen (secondary N) is 1. The molecule has 18 heteroatoms. The number of carbonyl (C=O) groups is 4. The van der Waals surface area contributed by atoms with Crippen molar-refractivity contribution in [1.29, 1.82) is 0 Å². The first-order valence-corrected chi connectivity index (χ1v) is 21.0. The third-order valence-electron chi connectivity index (χ3n) is 11.5. The van der Waals surface area contributed by atoms with Crippen molar-refractivity contribution in [3.8, 4) is 11.6 Å². The molecule has 1 N–H and O–H groups in total. The molecule has 2 amide bonds. The van der Waals surface area contributed by atoms with Crippen LogP contribution in [0.15, 0.2) is 24.3 Å². The van der Waals surface area contributed by atoms with Gasteiger partial charge in [0.1, 0.15) is 17.5 Å². The summed E-state index contributed by atoms with van der Waals surface area (Å²) in [6, 6.07) is 5.11. The maximum Gasteiger partial charge on any atom is 0.395 e. The second-order valence-corrected chi connectivity index (χ2v) is 18.7. The second kappa shape index (κ2) is 15.2. The molecular weight excluding hydrogens is 795 g/mol. The van der Waals surface area contributed by atoms with E-state index < -0.39 is 112 Å². The average molecular weight is 844 g/mol. The van der Waals surface area contributed by atoms with Crippen molar-refractivity contribution >= 4 is 56.4 Å². The van der Waals surface area contributed by atoms with E-state index in [4.69, 9.17) is 30.0 Å². The van der Waals surface area contributed by atoms with Crippen LogP contribution in [-0.4, -0.2) is 84.5 Å². The summed E-state index contributed by atoms with van der Waals surface area (Å²) in [6.45, 7) is 9.70. The molecule has 314 valence electrons. The lowest BCUT2D eigenvalue weighted by Gasteiger charge is -2.34. The minimum absolute atomic E-state index is 0.164. The van der Waals surface area contributed by atoms with Gasteiger partial charge in [0, 0.05) is 24.3 Å². The highest BCUT2D eigenvalue weighted by molar-refractivity contribution is 7.85. The summed E-state index contributed by atoms with van der Waals surface area (Å²) in [6.07, 6.45) is -6.65. The Kier molecular flexibility index (Phi) is 11.4. The third kappa shape index (κ3) is 9.14. The second-order valence-electron chi connectivity index (χ2n) is 17.0. The number of ketones is 1. The van der Waals surface area contributed by atoms with Crippen molar-refractivity contribution < 1.29 is 59.2 Å². The Bertz CT molecular complexity index is 2050. The number of pyridine rings is 1. The van der Waals surface area contributed by atoms with Gasteiger partial charge < -0.3 is 19.1 Å². The fraction of sp³-hybridized carbons (Fsp3) is 0.667. The number of carbonyl (C=O) groups excluding carboxylic acids is 4. The van der Waals surface area contributed by atoms with E-state index in [-0.39, 0.29) is 37.6 Å². The number of ether oxygens (including phenoxy) is 3. The van der Waals surface area contributed by atoms with E-state index in [1.807, 2.05) is 4.72 Å². The molecule has 1 aromatic carbocycles. The van der Waals surface area contributed by atoms with Crippen molar-refractivity contribution in [3.63, 3.8) is 0 Å². The molecule has 5 atom stereocenters. The van der Waals surface area contributed by atoms with Crippen LogP contribution in [0, 0.1) is 22.7 Å². The van der Waals surface area contributed by atoms with Crippen molar-refractivity contribution in [2.75, 3.05) is 13.2 Å². The van der Waals surface area contributed by atoms with E-state index in [1.165, 1.54) is 6.07 Å². The van der Waals surface area contributed by atoms with Crippen LogP contribution in [0.1, 0.15) is 99.3 Å². The normalized spacial score (nSPS) is 25.4. The average Bonchev–Trinajstić information content (AvgIpc) is 4.04. The van der Waals surface area contributed by atoms with E-state index in [1.54, 1.807) is 59.7 Å². The number of fused-ring (bicyclic) bond motifs is 1. The Morgan fingerprint density at radius 2 is 1.77 bits per heavy atom. The maximum atomic E-state index is 14.8. The number of Topliss-reactive ketones (excluding diaryl/α,β-unsaturated/α-hetero) is 1. The molecule has 1 aromatic heterocycles. The number of hydrogen-bond acceptors (Lipinski definition) is 11. The fourth-order valence-electron chi connectivity index (χ4n) is 8.00. The van der Waals surface area contributed by atoms with Gasteiger partial charge in [-0.05, 0) is 84.8 Å². The molecule has 1 aliphatic heterocycles. The number of halogens is 4. The topological polar surface area (TPSA) is 167 Å². The SMILES string of the molecule is CCOc1cc(O[C@@H]2C[C@@H](C(=O)C[C@]3(C(=O)NS(=O)(=O)OC4(C)CC4)C[C@H]3CC)N(C(=O)[C@@H](CC(=O)OC(C)(C)C)C3(C(F)(F)F)CC3)C2)c2cccc(Cl)c2n1. The highest BCUT2D eigenvalue weighted by Crippen LogP contribution is 2.64. The largest absolute Gasteiger partial charge is 0.488 e. The number of likely N-dealkylation sites (tertiary alicyclic amines) is 1. The molecule has 3 aliphatic carbocycles. The molecular formula is C39H49ClF3N3O10S. The minimum atomic E-state index is -4.86. The number of amides is 2. The number of rotatable bonds is 16. The lowest BCUT2D eigenvalue weighted by Crippen LogP contribution is -2.50. The molecule has 2 aromatic rings. The number of benzene rings is 1. The van der Waals surface area contributed by atoms with Crippen LogP contribution in [0.4, 0.5) is 13.2 Å². The van der Waals surface area contributed by atoms with Gasteiger partial charge in [0.25, 0.3) is 0 Å². The van der Waals surface area contributed by atoms with E-state index in [2.05, 4.69) is 4.98 Å². The zero-order chi connectivity index (χ0) is 41.9. The van der Waals surface area contributed by atoms with Crippen LogP contribution in [0.2, 0.25) is 5.02 Å². The smallest absolute Gasteiger partial charge is 0.395 e. The van der Waals surface area contributed by atoms with E-state index in [0.29, 0.717) is 35.2 Å². The van der Waals surface area contributed by atoms with Crippen molar-refractivity contribution in [1.82, 2.24) is 14.6 Å². The van der Waals surface area contributed by atoms with Crippen molar-refractivity contribution in [2.45, 2.75) is 129 Å². The highest BCUT2D eigenvalue weighted by atomic mass is 35.5. The van der Waals surface area contributed by atoms with Crippen LogP contribution >= 0.6 is 11.6 Å². The molecule has 0 radical (unpaired) electrons. The monoisotopic (exact) mass is 843 g/mol. The van der Waals surface area contributed by atoms with Crippen LogP contribution in [-0.2, 0) is 38.4 Å². The Hall–Kier alpha value is -3.70. The quantitative estimate of drug-likeness (QED) is 0.180. The van der Waals surface area contributed by atoms with Gasteiger partial charge in [-0.1, -0.05) is 31.0 Å². The predicted octanol–water partition coefficient (Wildman–Crippen LogP) is 6.63. The van der Waals surface area contributed by atoms with E-state index in [0.717, 1.165) is 4.90 Å². The molecule has 3 saturated carbocycles. The maximum absolute atomic E-state index is 14.8. The lowest BCUT2D eigenvalue weighted by atomic mass is 9.83. The first-order valence-electron chi connectivity index (χ1n) is 19.2. The molecule has 0 spiro atoms. The van der Waals surface area contributed by atoms with Gasteiger partial charge in [-0.2, -0.15) is 21.6 Å². The van der Waals surface area contributed by atoms with Gasteiger partial charge in [0.05, 0.1) is 58.5 Å². The number of nitrogens with zero attached hydrogens (tertiary/aromatic N) is 2. The van der Waals surface area contributed by atoms with Crippen molar-refractivity contribution in [3.05, 3.63) is 29.3 Å². The van der Waals surface area contributed by atoms with Gasteiger partial charge in [-0.3, -0.25) is 19.2 Å². The van der Waals surface area contributed by atoms with Crippen LogP contribution < -0.4 is 14.2 Å². The number of para-hydroxylation sites is 1. The molecule has 0 unspecified atom stereocenters. The van der Waals surface area contributed by atoms with E-state index >= 15 is 0 Å². The summed E-state index contributed by atoms with van der Waals surface area (Å²) in [7, 11) is -4.53. The first-order chi connectivity index (χ1) is 26.5. The Morgan fingerprint density at radius 3 is 2.33 bits per heavy atom. The number of hydrogen-bond donors (Lipinski definition) is 1. The molecule has 57 heavy (non-hydrogen) atoms. The van der Waals surface area contributed by atoms with Gasteiger partial charge >= 0.3 is 22.4 Å². The Balaban J connectivity index is 1.34. The van der Waals surface area contributed by atoms with Gasteiger partial charge in [-0.15, -0.1) is 0 Å². The van der Waals surface area contributed by atoms with E-state index in [9.17, 15) is 40.8 Å². The summed E-state index contributed by atoms with van der Waals surface area (Å²) < 4.78 is 94.6. The lowest BCUT2D eigenvalue weighted by molar-refractivity contribution is -0.209. The molecule has 1 saturated heterocycles. The van der Waals surface area contributed by atoms with Crippen LogP contribution in [0.3, 0.4) is 0 Å². The number of esters is 1. The molecule has 2 heterocycles. The zero-order valence-corrected chi connectivity index (χ0v) is 34.4. The fourth-order valence-corrected chi connectivity index (χ4v) is 9.39. The summed E-state index contributed by atoms with van der Waals surface area (Å²) in [5.74, 6) is -5.59. The Morgan fingerprint density at radius 1 is 1.09 bits per heavy atom. The summed E-state index contributed by atoms with van der Waals surface area (Å²) in [5.41, 5.74) is -5.62. The van der Waals surface area contributed by atoms with Gasteiger partial charge in [0.2, 0.25) is 17.7 Å². The summed E-state index contributed by atoms with van der Waals surface area (Å²) >= 11 is 6.46. The third-order valence-corrected chi connectivity index (χ3v) is 12.9. The van der Waals surface area contributed by atoms with Gasteiger partial charge in [-0.25, -0.2) is 13.9 Å². The highest BCUT2D eigenvalue weighted by Gasteiger charge is 2.70. The van der Waals surface area contributed by atoms with Gasteiger partial charge in [0.15, 0.2) is 5.78 Å². The molecule has 4 aliphatic rings.